The number of amides is 1. The Hall–Kier alpha value is -3.31. The lowest BCUT2D eigenvalue weighted by Gasteiger charge is -2.70. The van der Waals surface area contributed by atoms with Crippen LogP contribution in [0.5, 0.6) is 11.5 Å². The van der Waals surface area contributed by atoms with Gasteiger partial charge >= 0.3 is 6.36 Å². The van der Waals surface area contributed by atoms with Gasteiger partial charge in [-0.05, 0) is 49.6 Å². The molecule has 3 aliphatic carbocycles. The van der Waals surface area contributed by atoms with Crippen LogP contribution in [0.3, 0.4) is 0 Å². The number of halogens is 4. The monoisotopic (exact) mass is 520 g/mol. The minimum absolute atomic E-state index is 0.142. The van der Waals surface area contributed by atoms with E-state index in [4.69, 9.17) is 16.3 Å². The smallest absolute Gasteiger partial charge is 0.480 e. The SMILES string of the molecule is O=C(NC12CC(n3cc(-c4ccc(OC(F)(F)F)cn4)cn3)(C1)C2)[C@H]1C[C@H](O)c2cc(Cl)ccc2O1. The summed E-state index contributed by atoms with van der Waals surface area (Å²) in [5.74, 6) is -0.213. The minimum Gasteiger partial charge on any atom is -0.480 e. The second-order valence-corrected chi connectivity index (χ2v) is 10.1. The van der Waals surface area contributed by atoms with Crippen molar-refractivity contribution in [1.82, 2.24) is 20.1 Å². The topological polar surface area (TPSA) is 98.5 Å². The molecule has 3 fully saturated rings. The number of nitrogens with one attached hydrogen (secondary N) is 1. The summed E-state index contributed by atoms with van der Waals surface area (Å²) in [5.41, 5.74) is 1.15. The highest BCUT2D eigenvalue weighted by molar-refractivity contribution is 6.30. The number of rotatable bonds is 5. The van der Waals surface area contributed by atoms with Crippen LogP contribution in [0.4, 0.5) is 13.2 Å². The maximum Gasteiger partial charge on any atom is 0.573 e. The molecule has 36 heavy (non-hydrogen) atoms. The molecule has 2 aromatic heterocycles. The Balaban J connectivity index is 1.07. The quantitative estimate of drug-likeness (QED) is 0.525. The molecule has 7 rings (SSSR count). The highest BCUT2D eigenvalue weighted by atomic mass is 35.5. The van der Waals surface area contributed by atoms with E-state index in [2.05, 4.69) is 20.1 Å². The number of fused-ring (bicyclic) bond motifs is 1. The number of carbonyl (C=O) groups is 1. The summed E-state index contributed by atoms with van der Waals surface area (Å²) in [6.07, 6.45) is 0.245. The van der Waals surface area contributed by atoms with Crippen LogP contribution in [-0.2, 0) is 10.3 Å². The van der Waals surface area contributed by atoms with E-state index in [0.717, 1.165) is 6.20 Å². The van der Waals surface area contributed by atoms with E-state index < -0.39 is 24.3 Å². The van der Waals surface area contributed by atoms with Crippen molar-refractivity contribution < 1.29 is 32.5 Å². The highest BCUT2D eigenvalue weighted by Gasteiger charge is 2.70. The van der Waals surface area contributed by atoms with E-state index in [-0.39, 0.29) is 23.4 Å². The van der Waals surface area contributed by atoms with Crippen LogP contribution in [0.1, 0.15) is 37.4 Å². The molecule has 188 valence electrons. The van der Waals surface area contributed by atoms with Crippen molar-refractivity contribution in [1.29, 1.82) is 0 Å². The third-order valence-corrected chi connectivity index (χ3v) is 7.29. The summed E-state index contributed by atoms with van der Waals surface area (Å²) in [6.45, 7) is 0. The zero-order valence-electron chi connectivity index (χ0n) is 18.6. The molecule has 2 N–H and O–H groups in total. The number of pyridine rings is 1. The molecule has 3 aromatic rings. The normalized spacial score (nSPS) is 28.2. The molecule has 1 aliphatic heterocycles. The van der Waals surface area contributed by atoms with Crippen molar-refractivity contribution in [2.45, 2.75) is 55.3 Å². The lowest BCUT2D eigenvalue weighted by Crippen LogP contribution is -2.79. The first-order valence-electron chi connectivity index (χ1n) is 11.3. The van der Waals surface area contributed by atoms with Crippen LogP contribution in [0, 0.1) is 0 Å². The van der Waals surface area contributed by atoms with Crippen LogP contribution < -0.4 is 14.8 Å². The summed E-state index contributed by atoms with van der Waals surface area (Å²) in [7, 11) is 0. The van der Waals surface area contributed by atoms with E-state index in [1.165, 1.54) is 12.1 Å². The third kappa shape index (κ3) is 3.96. The fourth-order valence-electron chi connectivity index (χ4n) is 5.49. The van der Waals surface area contributed by atoms with Gasteiger partial charge in [-0.25, -0.2) is 0 Å². The number of aliphatic hydroxyl groups is 1. The molecule has 0 spiro atoms. The van der Waals surface area contributed by atoms with Crippen molar-refractivity contribution in [2.75, 3.05) is 0 Å². The number of nitrogens with zero attached hydrogens (tertiary/aromatic N) is 3. The first-order chi connectivity index (χ1) is 17.0. The van der Waals surface area contributed by atoms with Gasteiger partial charge in [0.1, 0.15) is 11.5 Å². The molecule has 8 nitrogen and oxygen atoms in total. The average molecular weight is 521 g/mol. The number of aromatic nitrogens is 3. The van der Waals surface area contributed by atoms with Gasteiger partial charge in [-0.3, -0.25) is 14.5 Å². The molecule has 3 saturated carbocycles. The zero-order chi connectivity index (χ0) is 25.3. The molecule has 4 aliphatic rings. The molecular weight excluding hydrogens is 501 g/mol. The van der Waals surface area contributed by atoms with Crippen LogP contribution in [-0.4, -0.2) is 43.8 Å². The van der Waals surface area contributed by atoms with Crippen molar-refractivity contribution in [2.24, 2.45) is 0 Å². The molecule has 3 heterocycles. The largest absolute Gasteiger partial charge is 0.573 e. The van der Waals surface area contributed by atoms with Gasteiger partial charge in [0, 0.05) is 34.3 Å². The Labute approximate surface area is 208 Å². The third-order valence-electron chi connectivity index (χ3n) is 7.05. The van der Waals surface area contributed by atoms with Gasteiger partial charge in [-0.1, -0.05) is 11.6 Å². The van der Waals surface area contributed by atoms with E-state index in [9.17, 15) is 23.1 Å². The van der Waals surface area contributed by atoms with Gasteiger partial charge in [0.05, 0.1) is 29.7 Å². The van der Waals surface area contributed by atoms with Gasteiger partial charge < -0.3 is 19.9 Å². The van der Waals surface area contributed by atoms with Crippen molar-refractivity contribution >= 4 is 17.5 Å². The van der Waals surface area contributed by atoms with Gasteiger partial charge in [-0.15, -0.1) is 13.2 Å². The second kappa shape index (κ2) is 7.84. The molecular formula is C24H20ClF3N4O4. The fraction of sp³-hybridized carbons (Fsp3) is 0.375. The maximum absolute atomic E-state index is 12.9. The predicted octanol–water partition coefficient (Wildman–Crippen LogP) is 4.13. The first-order valence-corrected chi connectivity index (χ1v) is 11.6. The van der Waals surface area contributed by atoms with Crippen LogP contribution >= 0.6 is 11.6 Å². The number of carbonyl (C=O) groups excluding carboxylic acids is 1. The van der Waals surface area contributed by atoms with Crippen LogP contribution in [0.2, 0.25) is 5.02 Å². The molecule has 0 unspecified atom stereocenters. The van der Waals surface area contributed by atoms with E-state index >= 15 is 0 Å². The first kappa shape index (κ1) is 23.1. The maximum atomic E-state index is 12.9. The van der Waals surface area contributed by atoms with Crippen LogP contribution in [0.15, 0.2) is 48.9 Å². The molecule has 2 atom stereocenters. The van der Waals surface area contributed by atoms with E-state index in [1.807, 2.05) is 4.68 Å². The number of ether oxygens (including phenoxy) is 2. The summed E-state index contributed by atoms with van der Waals surface area (Å²) in [5, 5.41) is 18.5. The molecule has 2 bridgehead atoms. The molecule has 1 amide bonds. The summed E-state index contributed by atoms with van der Waals surface area (Å²) in [6, 6.07) is 7.58. The molecule has 12 heteroatoms. The van der Waals surface area contributed by atoms with Gasteiger partial charge in [-0.2, -0.15) is 5.10 Å². The number of benzene rings is 1. The average Bonchev–Trinajstić information content (AvgIpc) is 3.24. The Morgan fingerprint density at radius 1 is 1.22 bits per heavy atom. The number of aliphatic hydroxyl groups excluding tert-OH is 1. The summed E-state index contributed by atoms with van der Waals surface area (Å²) < 4.78 is 48.5. The summed E-state index contributed by atoms with van der Waals surface area (Å²) >= 11 is 5.99. The van der Waals surface area contributed by atoms with Crippen LogP contribution in [0.25, 0.3) is 11.3 Å². The molecule has 1 aromatic carbocycles. The number of hydrogen-bond acceptors (Lipinski definition) is 6. The molecule has 0 radical (unpaired) electrons. The van der Waals surface area contributed by atoms with Gasteiger partial charge in [0.25, 0.3) is 5.91 Å². The van der Waals surface area contributed by atoms with Crippen molar-refractivity contribution in [3.63, 3.8) is 0 Å². The second-order valence-electron chi connectivity index (χ2n) is 9.66. The Kier molecular flexibility index (Phi) is 5.03. The highest BCUT2D eigenvalue weighted by Crippen LogP contribution is 2.65. The lowest BCUT2D eigenvalue weighted by molar-refractivity contribution is -0.274. The van der Waals surface area contributed by atoms with Gasteiger partial charge in [0.2, 0.25) is 0 Å². The standard InChI is InChI=1S/C24H20ClF3N4O4/c25-14-1-4-19-16(5-14)18(33)6-20(35-19)21(34)31-22-10-23(11-22,12-22)32-9-13(7-30-32)17-3-2-15(8-29-17)36-24(26,27)28/h1-5,7-9,18,20,33H,6,10-12H2,(H,31,34)/t18-,20+,22?,23?/m0/s1. The minimum atomic E-state index is -4.77. The zero-order valence-corrected chi connectivity index (χ0v) is 19.4. The van der Waals surface area contributed by atoms with Crippen molar-refractivity contribution in [3.05, 3.63) is 59.5 Å². The number of hydrogen-bond donors (Lipinski definition) is 2. The number of alkyl halides is 3. The predicted molar refractivity (Wildman–Crippen MR) is 120 cm³/mol. The van der Waals surface area contributed by atoms with E-state index in [1.54, 1.807) is 30.6 Å². The Morgan fingerprint density at radius 3 is 2.69 bits per heavy atom. The van der Waals surface area contributed by atoms with Gasteiger partial charge in [0.15, 0.2) is 6.10 Å². The lowest BCUT2D eigenvalue weighted by atomic mass is 9.44. The van der Waals surface area contributed by atoms with Crippen molar-refractivity contribution in [3.8, 4) is 22.8 Å². The Bertz CT molecular complexity index is 1320. The summed E-state index contributed by atoms with van der Waals surface area (Å²) in [4.78, 5) is 17.0. The fourth-order valence-corrected chi connectivity index (χ4v) is 5.67. The Morgan fingerprint density at radius 2 is 2.00 bits per heavy atom. The molecule has 0 saturated heterocycles. The van der Waals surface area contributed by atoms with E-state index in [0.29, 0.717) is 46.9 Å².